The van der Waals surface area contributed by atoms with Crippen LogP contribution in [0, 0.1) is 13.8 Å². The van der Waals surface area contributed by atoms with E-state index < -0.39 is 0 Å². The van der Waals surface area contributed by atoms with Crippen LogP contribution in [0.25, 0.3) is 0 Å². The quantitative estimate of drug-likeness (QED) is 0.838. The molecule has 1 aromatic rings. The van der Waals surface area contributed by atoms with Gasteiger partial charge in [0.1, 0.15) is 0 Å². The second-order valence-electron chi connectivity index (χ2n) is 5.35. The van der Waals surface area contributed by atoms with Gasteiger partial charge in [0, 0.05) is 19.1 Å². The Labute approximate surface area is 121 Å². The number of nitrogens with zero attached hydrogens (tertiary/aromatic N) is 1. The number of amides is 2. The van der Waals surface area contributed by atoms with E-state index in [9.17, 15) is 4.79 Å². The van der Waals surface area contributed by atoms with Gasteiger partial charge in [-0.1, -0.05) is 29.3 Å². The van der Waals surface area contributed by atoms with Gasteiger partial charge in [-0.25, -0.2) is 4.79 Å². The smallest absolute Gasteiger partial charge is 0.317 e. The maximum Gasteiger partial charge on any atom is 0.317 e. The van der Waals surface area contributed by atoms with Gasteiger partial charge in [-0.2, -0.15) is 0 Å². The fourth-order valence-corrected chi connectivity index (χ4v) is 2.42. The number of rotatable bonds is 6. The van der Waals surface area contributed by atoms with Gasteiger partial charge in [-0.15, -0.1) is 0 Å². The molecule has 4 nitrogen and oxygen atoms in total. The number of nitrogens with one attached hydrogen (secondary N) is 1. The van der Waals surface area contributed by atoms with Gasteiger partial charge in [-0.05, 0) is 39.7 Å². The molecule has 0 radical (unpaired) electrons. The Bertz CT molecular complexity index is 426. The van der Waals surface area contributed by atoms with E-state index in [0.717, 1.165) is 6.42 Å². The molecule has 0 aliphatic heterocycles. The molecule has 0 fully saturated rings. The minimum Gasteiger partial charge on any atom is -0.395 e. The molecule has 0 aromatic heterocycles. The number of carbonyl (C=O) groups excluding carboxylic acids is 1. The first-order valence-corrected chi connectivity index (χ1v) is 7.19. The number of hydrogen-bond acceptors (Lipinski definition) is 2. The van der Waals surface area contributed by atoms with Crippen LogP contribution in [0.3, 0.4) is 0 Å². The molecule has 20 heavy (non-hydrogen) atoms. The van der Waals surface area contributed by atoms with Crippen molar-refractivity contribution in [2.45, 2.75) is 40.2 Å². The van der Waals surface area contributed by atoms with Crippen molar-refractivity contribution >= 4 is 6.03 Å². The Morgan fingerprint density at radius 3 is 2.40 bits per heavy atom. The first kappa shape index (κ1) is 16.5. The van der Waals surface area contributed by atoms with Gasteiger partial charge in [0.05, 0.1) is 6.61 Å². The van der Waals surface area contributed by atoms with Crippen LogP contribution in [0.15, 0.2) is 18.2 Å². The Balaban J connectivity index is 2.58. The van der Waals surface area contributed by atoms with Crippen LogP contribution < -0.4 is 5.32 Å². The van der Waals surface area contributed by atoms with E-state index in [4.69, 9.17) is 5.11 Å². The number of urea groups is 1. The maximum absolute atomic E-state index is 12.0. The van der Waals surface area contributed by atoms with Crippen LogP contribution >= 0.6 is 0 Å². The van der Waals surface area contributed by atoms with Crippen molar-refractivity contribution in [3.8, 4) is 0 Å². The molecule has 1 unspecified atom stereocenters. The monoisotopic (exact) mass is 278 g/mol. The molecule has 0 spiro atoms. The van der Waals surface area contributed by atoms with Gasteiger partial charge in [-0.3, -0.25) is 0 Å². The number of benzene rings is 1. The zero-order valence-electron chi connectivity index (χ0n) is 12.9. The number of aliphatic hydroxyl groups is 1. The van der Waals surface area contributed by atoms with Crippen LogP contribution in [0.5, 0.6) is 0 Å². The summed E-state index contributed by atoms with van der Waals surface area (Å²) in [6.07, 6.45) is 0.810. The summed E-state index contributed by atoms with van der Waals surface area (Å²) in [5.41, 5.74) is 3.73. The Morgan fingerprint density at radius 2 is 1.90 bits per heavy atom. The SMILES string of the molecule is CCN(CCO)C(=O)NC(C)Cc1cc(C)cc(C)c1. The molecular formula is C16H26N2O2. The summed E-state index contributed by atoms with van der Waals surface area (Å²) in [5.74, 6) is 0. The van der Waals surface area contributed by atoms with E-state index in [2.05, 4.69) is 37.4 Å². The van der Waals surface area contributed by atoms with E-state index in [1.807, 2.05) is 13.8 Å². The van der Waals surface area contributed by atoms with Crippen molar-refractivity contribution in [2.24, 2.45) is 0 Å². The summed E-state index contributed by atoms with van der Waals surface area (Å²) >= 11 is 0. The molecule has 1 aromatic carbocycles. The average molecular weight is 278 g/mol. The normalized spacial score (nSPS) is 12.1. The van der Waals surface area contributed by atoms with E-state index in [-0.39, 0.29) is 18.7 Å². The van der Waals surface area contributed by atoms with Crippen LogP contribution in [0.2, 0.25) is 0 Å². The van der Waals surface area contributed by atoms with Crippen molar-refractivity contribution in [1.29, 1.82) is 0 Å². The van der Waals surface area contributed by atoms with Gasteiger partial charge in [0.15, 0.2) is 0 Å². The summed E-state index contributed by atoms with van der Waals surface area (Å²) in [6, 6.07) is 6.41. The minimum absolute atomic E-state index is 0.00723. The summed E-state index contributed by atoms with van der Waals surface area (Å²) in [4.78, 5) is 13.6. The highest BCUT2D eigenvalue weighted by molar-refractivity contribution is 5.74. The lowest BCUT2D eigenvalue weighted by Crippen LogP contribution is -2.45. The molecule has 1 rings (SSSR count). The molecule has 2 amide bonds. The molecule has 0 heterocycles. The predicted octanol–water partition coefficient (Wildman–Crippen LogP) is 2.26. The topological polar surface area (TPSA) is 52.6 Å². The Hall–Kier alpha value is -1.55. The number of carbonyl (C=O) groups is 1. The summed E-state index contributed by atoms with van der Waals surface area (Å²) in [7, 11) is 0. The lowest BCUT2D eigenvalue weighted by molar-refractivity contribution is 0.177. The third-order valence-corrected chi connectivity index (χ3v) is 3.23. The highest BCUT2D eigenvalue weighted by atomic mass is 16.3. The minimum atomic E-state index is -0.113. The van der Waals surface area contributed by atoms with Crippen LogP contribution in [-0.4, -0.2) is 41.8 Å². The largest absolute Gasteiger partial charge is 0.395 e. The third-order valence-electron chi connectivity index (χ3n) is 3.23. The molecular weight excluding hydrogens is 252 g/mol. The van der Waals surface area contributed by atoms with Gasteiger partial charge in [0.2, 0.25) is 0 Å². The summed E-state index contributed by atoms with van der Waals surface area (Å²) in [5, 5.41) is 11.9. The number of likely N-dealkylation sites (N-methyl/N-ethyl adjacent to an activating group) is 1. The zero-order valence-corrected chi connectivity index (χ0v) is 12.9. The van der Waals surface area contributed by atoms with Gasteiger partial charge < -0.3 is 15.3 Å². The zero-order chi connectivity index (χ0) is 15.1. The first-order valence-electron chi connectivity index (χ1n) is 7.19. The highest BCUT2D eigenvalue weighted by Crippen LogP contribution is 2.11. The predicted molar refractivity (Wildman–Crippen MR) is 81.9 cm³/mol. The van der Waals surface area contributed by atoms with Crippen molar-refractivity contribution in [3.63, 3.8) is 0 Å². The lowest BCUT2D eigenvalue weighted by Gasteiger charge is -2.23. The molecule has 4 heteroatoms. The van der Waals surface area contributed by atoms with E-state index in [0.29, 0.717) is 13.1 Å². The van der Waals surface area contributed by atoms with Crippen LogP contribution in [-0.2, 0) is 6.42 Å². The van der Waals surface area contributed by atoms with Crippen LogP contribution in [0.4, 0.5) is 4.79 Å². The molecule has 2 N–H and O–H groups in total. The van der Waals surface area contributed by atoms with Crippen molar-refractivity contribution in [2.75, 3.05) is 19.7 Å². The van der Waals surface area contributed by atoms with E-state index in [1.54, 1.807) is 4.90 Å². The summed E-state index contributed by atoms with van der Waals surface area (Å²) in [6.45, 7) is 9.04. The maximum atomic E-state index is 12.0. The van der Waals surface area contributed by atoms with E-state index >= 15 is 0 Å². The third kappa shape index (κ3) is 5.21. The Morgan fingerprint density at radius 1 is 1.30 bits per heavy atom. The number of aliphatic hydroxyl groups excluding tert-OH is 1. The summed E-state index contributed by atoms with van der Waals surface area (Å²) < 4.78 is 0. The molecule has 112 valence electrons. The Kier molecular flexibility index (Phi) is 6.52. The second-order valence-corrected chi connectivity index (χ2v) is 5.35. The number of aryl methyl sites for hydroxylation is 2. The molecule has 0 saturated heterocycles. The lowest BCUT2D eigenvalue weighted by atomic mass is 10.0. The fourth-order valence-electron chi connectivity index (χ4n) is 2.42. The highest BCUT2D eigenvalue weighted by Gasteiger charge is 2.14. The van der Waals surface area contributed by atoms with Gasteiger partial charge >= 0.3 is 6.03 Å². The molecule has 0 bridgehead atoms. The van der Waals surface area contributed by atoms with Crippen molar-refractivity contribution in [3.05, 3.63) is 34.9 Å². The van der Waals surface area contributed by atoms with Gasteiger partial charge in [0.25, 0.3) is 0 Å². The second kappa shape index (κ2) is 7.90. The van der Waals surface area contributed by atoms with Crippen LogP contribution in [0.1, 0.15) is 30.5 Å². The molecule has 0 aliphatic carbocycles. The molecule has 0 aliphatic rings. The number of hydrogen-bond donors (Lipinski definition) is 2. The molecule has 0 saturated carbocycles. The van der Waals surface area contributed by atoms with Crippen molar-refractivity contribution in [1.82, 2.24) is 10.2 Å². The van der Waals surface area contributed by atoms with E-state index in [1.165, 1.54) is 16.7 Å². The average Bonchev–Trinajstić information content (AvgIpc) is 2.34. The van der Waals surface area contributed by atoms with Crippen molar-refractivity contribution < 1.29 is 9.90 Å². The first-order chi connectivity index (χ1) is 9.46. The fraction of sp³-hybridized carbons (Fsp3) is 0.562. The standard InChI is InChI=1S/C16H26N2O2/c1-5-18(6-7-19)16(20)17-14(4)11-15-9-12(2)8-13(3)10-15/h8-10,14,19H,5-7,11H2,1-4H3,(H,17,20). The molecule has 1 atom stereocenters.